The van der Waals surface area contributed by atoms with Crippen LogP contribution in [0.25, 0.3) is 11.0 Å². The van der Waals surface area contributed by atoms with Crippen LogP contribution in [0.4, 0.5) is 11.4 Å². The molecule has 1 aliphatic rings. The number of aromatic nitrogens is 2. The summed E-state index contributed by atoms with van der Waals surface area (Å²) in [5.74, 6) is 0.484. The van der Waals surface area contributed by atoms with Crippen molar-refractivity contribution in [1.82, 2.24) is 14.9 Å². The van der Waals surface area contributed by atoms with Gasteiger partial charge in [-0.05, 0) is 37.1 Å². The Kier molecular flexibility index (Phi) is 3.80. The zero-order valence-electron chi connectivity index (χ0n) is 13.9. The molecule has 0 bridgehead atoms. The standard InChI is InChI=1S/C18H17N5O3/c19-12-8-7-11(10-16(12)23(25)26)18(24)22-9-3-6-15(22)17-20-13-4-1-2-5-14(13)21-17/h1-2,4-5,7-8,10,15H,3,6,9,19H2,(H,20,21). The summed E-state index contributed by atoms with van der Waals surface area (Å²) in [6.07, 6.45) is 1.65. The van der Waals surface area contributed by atoms with Gasteiger partial charge in [0, 0.05) is 18.2 Å². The van der Waals surface area contributed by atoms with E-state index in [2.05, 4.69) is 9.97 Å². The van der Waals surface area contributed by atoms with Crippen LogP contribution in [0.2, 0.25) is 0 Å². The van der Waals surface area contributed by atoms with Gasteiger partial charge in [0.1, 0.15) is 11.5 Å². The Bertz CT molecular complexity index is 980. The second-order valence-electron chi connectivity index (χ2n) is 6.33. The zero-order valence-corrected chi connectivity index (χ0v) is 13.9. The van der Waals surface area contributed by atoms with E-state index in [9.17, 15) is 14.9 Å². The minimum absolute atomic E-state index is 0.0433. The molecule has 1 aliphatic heterocycles. The third-order valence-corrected chi connectivity index (χ3v) is 4.71. The van der Waals surface area contributed by atoms with Crippen molar-refractivity contribution in [2.45, 2.75) is 18.9 Å². The molecule has 132 valence electrons. The lowest BCUT2D eigenvalue weighted by molar-refractivity contribution is -0.383. The molecule has 1 amide bonds. The largest absolute Gasteiger partial charge is 0.393 e. The highest BCUT2D eigenvalue weighted by molar-refractivity contribution is 5.96. The van der Waals surface area contributed by atoms with E-state index in [4.69, 9.17) is 5.73 Å². The number of fused-ring (bicyclic) bond motifs is 1. The van der Waals surface area contributed by atoms with E-state index in [0.717, 1.165) is 29.7 Å². The van der Waals surface area contributed by atoms with Crippen LogP contribution in [-0.4, -0.2) is 32.2 Å². The monoisotopic (exact) mass is 351 g/mol. The number of imidazole rings is 1. The summed E-state index contributed by atoms with van der Waals surface area (Å²) in [4.78, 5) is 33.1. The van der Waals surface area contributed by atoms with Crippen LogP contribution in [0.15, 0.2) is 42.5 Å². The molecule has 4 rings (SSSR count). The molecule has 26 heavy (non-hydrogen) atoms. The number of nitro benzene ring substituents is 1. The highest BCUT2D eigenvalue weighted by Gasteiger charge is 2.33. The van der Waals surface area contributed by atoms with Gasteiger partial charge < -0.3 is 15.6 Å². The summed E-state index contributed by atoms with van der Waals surface area (Å²) < 4.78 is 0. The smallest absolute Gasteiger partial charge is 0.292 e. The number of nitrogens with one attached hydrogen (secondary N) is 1. The number of anilines is 1. The molecule has 2 heterocycles. The second kappa shape index (κ2) is 6.14. The topological polar surface area (TPSA) is 118 Å². The average Bonchev–Trinajstić information content (AvgIpc) is 3.27. The Labute approximate surface area is 148 Å². The third-order valence-electron chi connectivity index (χ3n) is 4.71. The SMILES string of the molecule is Nc1ccc(C(=O)N2CCCC2c2nc3ccccc3[nH]2)cc1[N+](=O)[O-]. The third kappa shape index (κ3) is 2.65. The van der Waals surface area contributed by atoms with Gasteiger partial charge in [0.15, 0.2) is 0 Å². The summed E-state index contributed by atoms with van der Waals surface area (Å²) in [7, 11) is 0. The number of hydrogen-bond donors (Lipinski definition) is 2. The van der Waals surface area contributed by atoms with Gasteiger partial charge in [-0.25, -0.2) is 4.98 Å². The second-order valence-corrected chi connectivity index (χ2v) is 6.33. The van der Waals surface area contributed by atoms with Gasteiger partial charge in [-0.15, -0.1) is 0 Å². The maximum absolute atomic E-state index is 13.0. The van der Waals surface area contributed by atoms with Gasteiger partial charge in [-0.1, -0.05) is 12.1 Å². The fourth-order valence-electron chi connectivity index (χ4n) is 3.43. The molecular formula is C18H17N5O3. The molecule has 1 fully saturated rings. The van der Waals surface area contributed by atoms with Crippen LogP contribution in [0.3, 0.4) is 0 Å². The first-order valence-corrected chi connectivity index (χ1v) is 8.34. The number of aromatic amines is 1. The summed E-state index contributed by atoms with van der Waals surface area (Å²) in [5, 5.41) is 11.1. The number of carbonyl (C=O) groups excluding carboxylic acids is 1. The van der Waals surface area contributed by atoms with Gasteiger partial charge >= 0.3 is 0 Å². The molecule has 3 N–H and O–H groups in total. The van der Waals surface area contributed by atoms with Crippen molar-refractivity contribution in [1.29, 1.82) is 0 Å². The average molecular weight is 351 g/mol. The number of benzene rings is 2. The van der Waals surface area contributed by atoms with Gasteiger partial charge in [0.25, 0.3) is 11.6 Å². The molecule has 1 aromatic heterocycles. The minimum Gasteiger partial charge on any atom is -0.393 e. The number of hydrogen-bond acceptors (Lipinski definition) is 5. The molecular weight excluding hydrogens is 334 g/mol. The predicted molar refractivity (Wildman–Crippen MR) is 96.6 cm³/mol. The summed E-state index contributed by atoms with van der Waals surface area (Å²) >= 11 is 0. The number of carbonyl (C=O) groups is 1. The molecule has 0 aliphatic carbocycles. The Hall–Kier alpha value is -3.42. The van der Waals surface area contributed by atoms with Crippen molar-refractivity contribution < 1.29 is 9.72 Å². The van der Waals surface area contributed by atoms with Gasteiger partial charge in [-0.3, -0.25) is 14.9 Å². The normalized spacial score (nSPS) is 16.9. The highest BCUT2D eigenvalue weighted by atomic mass is 16.6. The Morgan fingerprint density at radius 3 is 2.88 bits per heavy atom. The molecule has 8 nitrogen and oxygen atoms in total. The lowest BCUT2D eigenvalue weighted by Crippen LogP contribution is -2.31. The van der Waals surface area contributed by atoms with Crippen LogP contribution < -0.4 is 5.73 Å². The van der Waals surface area contributed by atoms with Crippen LogP contribution in [0.1, 0.15) is 35.1 Å². The molecule has 2 aromatic carbocycles. The number of nitrogens with two attached hydrogens (primary N) is 1. The predicted octanol–water partition coefficient (Wildman–Crippen LogP) is 3.03. The molecule has 0 radical (unpaired) electrons. The molecule has 3 aromatic rings. The van der Waals surface area contributed by atoms with Crippen molar-refractivity contribution >= 4 is 28.3 Å². The van der Waals surface area contributed by atoms with Crippen molar-refractivity contribution in [3.63, 3.8) is 0 Å². The Morgan fingerprint density at radius 2 is 2.12 bits per heavy atom. The van der Waals surface area contributed by atoms with Gasteiger partial charge in [0.05, 0.1) is 22.0 Å². The number of rotatable bonds is 3. The van der Waals surface area contributed by atoms with Gasteiger partial charge in [0.2, 0.25) is 0 Å². The van der Waals surface area contributed by atoms with Crippen LogP contribution >= 0.6 is 0 Å². The van der Waals surface area contributed by atoms with Crippen LogP contribution in [0, 0.1) is 10.1 Å². The van der Waals surface area contributed by atoms with E-state index in [0.29, 0.717) is 6.54 Å². The first-order valence-electron chi connectivity index (χ1n) is 8.34. The molecule has 1 unspecified atom stereocenters. The Morgan fingerprint density at radius 1 is 1.31 bits per heavy atom. The summed E-state index contributed by atoms with van der Waals surface area (Å²) in [6.45, 7) is 0.582. The van der Waals surface area contributed by atoms with Crippen molar-refractivity contribution in [3.05, 3.63) is 64.0 Å². The lowest BCUT2D eigenvalue weighted by atomic mass is 10.1. The Balaban J connectivity index is 1.67. The first kappa shape index (κ1) is 16.1. The van der Waals surface area contributed by atoms with Crippen LogP contribution in [-0.2, 0) is 0 Å². The molecule has 1 atom stereocenters. The quantitative estimate of drug-likeness (QED) is 0.427. The number of nitro groups is 1. The molecule has 1 saturated heterocycles. The summed E-state index contributed by atoms with van der Waals surface area (Å²) in [6, 6.07) is 11.7. The number of likely N-dealkylation sites (tertiary alicyclic amines) is 1. The molecule has 8 heteroatoms. The van der Waals surface area contributed by atoms with Crippen molar-refractivity contribution in [3.8, 4) is 0 Å². The molecule has 0 saturated carbocycles. The highest BCUT2D eigenvalue weighted by Crippen LogP contribution is 2.33. The van der Waals surface area contributed by atoms with E-state index in [1.54, 1.807) is 4.90 Å². The number of nitrogens with zero attached hydrogens (tertiary/aromatic N) is 3. The maximum Gasteiger partial charge on any atom is 0.292 e. The number of para-hydroxylation sites is 2. The fourth-order valence-corrected chi connectivity index (χ4v) is 3.43. The van der Waals surface area contributed by atoms with E-state index in [1.807, 2.05) is 24.3 Å². The first-order chi connectivity index (χ1) is 12.5. The number of amides is 1. The van der Waals surface area contributed by atoms with E-state index in [-0.39, 0.29) is 28.9 Å². The van der Waals surface area contributed by atoms with E-state index >= 15 is 0 Å². The van der Waals surface area contributed by atoms with E-state index < -0.39 is 4.92 Å². The van der Waals surface area contributed by atoms with Crippen LogP contribution in [0.5, 0.6) is 0 Å². The maximum atomic E-state index is 13.0. The van der Waals surface area contributed by atoms with Crippen molar-refractivity contribution in [2.75, 3.05) is 12.3 Å². The lowest BCUT2D eigenvalue weighted by Gasteiger charge is -2.23. The van der Waals surface area contributed by atoms with E-state index in [1.165, 1.54) is 18.2 Å². The number of nitrogen functional groups attached to an aromatic ring is 1. The van der Waals surface area contributed by atoms with Gasteiger partial charge in [-0.2, -0.15) is 0 Å². The molecule has 0 spiro atoms. The minimum atomic E-state index is -0.577. The van der Waals surface area contributed by atoms with Crippen molar-refractivity contribution in [2.24, 2.45) is 0 Å². The fraction of sp³-hybridized carbons (Fsp3) is 0.222. The summed E-state index contributed by atoms with van der Waals surface area (Å²) in [5.41, 5.74) is 7.44. The number of H-pyrrole nitrogens is 1. The zero-order chi connectivity index (χ0) is 18.3.